The topological polar surface area (TPSA) is 155 Å². The van der Waals surface area contributed by atoms with E-state index >= 15 is 0 Å². The molecule has 0 aliphatic carbocycles. The van der Waals surface area contributed by atoms with E-state index in [1.807, 2.05) is 66.9 Å². The van der Waals surface area contributed by atoms with Crippen LogP contribution in [0.1, 0.15) is 62.0 Å². The van der Waals surface area contributed by atoms with Gasteiger partial charge in [0.2, 0.25) is 0 Å². The molecule has 1 amide bonds. The van der Waals surface area contributed by atoms with E-state index in [4.69, 9.17) is 9.90 Å². The summed E-state index contributed by atoms with van der Waals surface area (Å²) in [6, 6.07) is 24.7. The number of carbonyl (C=O) groups is 3. The maximum atomic E-state index is 14.0. The molecule has 0 aliphatic rings. The van der Waals surface area contributed by atoms with Crippen LogP contribution in [0.25, 0.3) is 22.4 Å². The minimum atomic E-state index is -1.39. The normalized spacial score (nSPS) is 11.9. The van der Waals surface area contributed by atoms with Gasteiger partial charge < -0.3 is 39.9 Å². The van der Waals surface area contributed by atoms with Crippen molar-refractivity contribution >= 4 is 61.3 Å². The van der Waals surface area contributed by atoms with Crippen LogP contribution in [0.5, 0.6) is 0 Å². The average molecular weight is 657 g/mol. The molecule has 0 radical (unpaired) electrons. The SMILES string of the molecule is CC(=O)[O-].CC(C)c1c(C(=O)Nc2ccccc2)c(-c2ccccc2)c(-c2ccc(F)cc2)n1CC[C@@H](O)C[C@@H](O)CC(=O)[O-].[Ca+2]. The van der Waals surface area contributed by atoms with Gasteiger partial charge in [0.25, 0.3) is 5.91 Å². The Kier molecular flexibility index (Phi) is 15.6. The van der Waals surface area contributed by atoms with Crippen LogP contribution in [0.15, 0.2) is 84.9 Å². The largest absolute Gasteiger partial charge is 2.00 e. The minimum Gasteiger partial charge on any atom is -0.550 e. The molecular weight excluding hydrogens is 619 g/mol. The van der Waals surface area contributed by atoms with E-state index in [1.54, 1.807) is 24.3 Å². The fourth-order valence-electron chi connectivity index (χ4n) is 5.19. The molecule has 0 saturated heterocycles. The molecule has 0 fully saturated rings. The van der Waals surface area contributed by atoms with E-state index in [1.165, 1.54) is 12.1 Å². The van der Waals surface area contributed by atoms with Crippen molar-refractivity contribution in [3.05, 3.63) is 102 Å². The van der Waals surface area contributed by atoms with E-state index in [9.17, 15) is 29.3 Å². The van der Waals surface area contributed by atoms with Crippen LogP contribution >= 0.6 is 0 Å². The molecule has 4 aromatic rings. The van der Waals surface area contributed by atoms with Crippen molar-refractivity contribution in [1.82, 2.24) is 4.57 Å². The Labute approximate surface area is 297 Å². The van der Waals surface area contributed by atoms with Gasteiger partial charge in [-0.3, -0.25) is 4.79 Å². The van der Waals surface area contributed by atoms with Crippen molar-refractivity contribution in [1.29, 1.82) is 0 Å². The second-order valence-electron chi connectivity index (χ2n) is 10.9. The van der Waals surface area contributed by atoms with E-state index in [2.05, 4.69) is 5.32 Å². The van der Waals surface area contributed by atoms with Crippen molar-refractivity contribution in [2.75, 3.05) is 5.32 Å². The number of carboxylic acids is 2. The number of aromatic nitrogens is 1. The van der Waals surface area contributed by atoms with Gasteiger partial charge in [0.15, 0.2) is 0 Å². The average Bonchev–Trinajstić information content (AvgIpc) is 3.32. The van der Waals surface area contributed by atoms with Gasteiger partial charge >= 0.3 is 37.7 Å². The zero-order valence-corrected chi connectivity index (χ0v) is 28.3. The Morgan fingerprint density at radius 1 is 0.848 bits per heavy atom. The number of hydrogen-bond donors (Lipinski definition) is 3. The van der Waals surface area contributed by atoms with Crippen molar-refractivity contribution in [3.63, 3.8) is 0 Å². The number of nitrogens with zero attached hydrogens (tertiary/aromatic N) is 1. The first kappa shape index (κ1) is 38.6. The molecule has 4 rings (SSSR count). The zero-order chi connectivity index (χ0) is 33.1. The number of anilines is 1. The fourth-order valence-corrected chi connectivity index (χ4v) is 5.19. The second kappa shape index (κ2) is 18.6. The smallest absolute Gasteiger partial charge is 0.550 e. The molecule has 9 nitrogen and oxygen atoms in total. The molecule has 0 unspecified atom stereocenters. The standard InChI is InChI=1S/C33H35FN2O5.C2H4O2.Ca/c1-21(2)31-30(33(41)35-25-11-7-4-8-12-25)29(22-9-5-3-6-10-22)32(23-13-15-24(34)16-14-23)36(31)18-17-26(37)19-27(38)20-28(39)40;1-2(3)4;/h3-16,21,26-27,37-38H,17-20H2,1-2H3,(H,35,41)(H,39,40);1H3,(H,3,4);/q;;+2/p-2/t26-,27-;;/m1../s1. The van der Waals surface area contributed by atoms with Gasteiger partial charge in [0, 0.05) is 41.8 Å². The first-order chi connectivity index (χ1) is 21.4. The number of amides is 1. The number of carboxylic acid groups (broad SMARTS) is 2. The Morgan fingerprint density at radius 3 is 1.91 bits per heavy atom. The number of hydrogen-bond acceptors (Lipinski definition) is 7. The Morgan fingerprint density at radius 2 is 1.39 bits per heavy atom. The van der Waals surface area contributed by atoms with Crippen LogP contribution in [0.2, 0.25) is 0 Å². The number of rotatable bonds is 12. The summed E-state index contributed by atoms with van der Waals surface area (Å²) in [5.41, 5.74) is 4.72. The monoisotopic (exact) mass is 656 g/mol. The second-order valence-corrected chi connectivity index (χ2v) is 10.9. The third-order valence-electron chi connectivity index (χ3n) is 6.92. The molecule has 238 valence electrons. The number of benzene rings is 3. The van der Waals surface area contributed by atoms with Gasteiger partial charge in [-0.25, -0.2) is 4.39 Å². The summed E-state index contributed by atoms with van der Waals surface area (Å²) in [6.07, 6.45) is -2.77. The van der Waals surface area contributed by atoms with Crippen molar-refractivity contribution in [3.8, 4) is 22.4 Å². The maximum Gasteiger partial charge on any atom is 2.00 e. The quantitative estimate of drug-likeness (QED) is 0.198. The van der Waals surface area contributed by atoms with E-state index in [-0.39, 0.29) is 68.9 Å². The molecule has 0 aliphatic heterocycles. The molecule has 1 aromatic heterocycles. The summed E-state index contributed by atoms with van der Waals surface area (Å²) < 4.78 is 16.0. The van der Waals surface area contributed by atoms with Crippen LogP contribution in [0.3, 0.4) is 0 Å². The number of aliphatic hydroxyl groups is 2. The van der Waals surface area contributed by atoms with Gasteiger partial charge in [0.1, 0.15) is 5.82 Å². The summed E-state index contributed by atoms with van der Waals surface area (Å²) in [5, 5.41) is 43.5. The Balaban J connectivity index is 0.00000139. The summed E-state index contributed by atoms with van der Waals surface area (Å²) in [7, 11) is 0. The predicted octanol–water partition coefficient (Wildman–Crippen LogP) is 3.35. The van der Waals surface area contributed by atoms with E-state index < -0.39 is 36.4 Å². The van der Waals surface area contributed by atoms with Crippen molar-refractivity contribution in [2.45, 2.75) is 64.7 Å². The predicted molar refractivity (Wildman–Crippen MR) is 171 cm³/mol. The molecule has 11 heteroatoms. The third-order valence-corrected chi connectivity index (χ3v) is 6.92. The summed E-state index contributed by atoms with van der Waals surface area (Å²) in [5.74, 6) is -3.29. The zero-order valence-electron chi connectivity index (χ0n) is 26.1. The first-order valence-electron chi connectivity index (χ1n) is 14.6. The third kappa shape index (κ3) is 11.1. The van der Waals surface area contributed by atoms with Crippen LogP contribution in [0, 0.1) is 5.82 Å². The minimum absolute atomic E-state index is 0. The van der Waals surface area contributed by atoms with Crippen LogP contribution < -0.4 is 15.5 Å². The van der Waals surface area contributed by atoms with Gasteiger partial charge in [-0.2, -0.15) is 0 Å². The van der Waals surface area contributed by atoms with Crippen molar-refractivity contribution in [2.24, 2.45) is 0 Å². The molecule has 0 saturated carbocycles. The summed E-state index contributed by atoms with van der Waals surface area (Å²) in [4.78, 5) is 33.8. The molecule has 1 heterocycles. The number of para-hydroxylation sites is 1. The molecule has 3 aromatic carbocycles. The first-order valence-corrected chi connectivity index (χ1v) is 14.6. The number of carbonyl (C=O) groups excluding carboxylic acids is 3. The molecule has 0 spiro atoms. The number of aliphatic carboxylic acids is 2. The molecule has 2 atom stereocenters. The van der Waals surface area contributed by atoms with Crippen LogP contribution in [-0.2, 0) is 16.1 Å². The summed E-state index contributed by atoms with van der Waals surface area (Å²) in [6.45, 7) is 5.20. The Hall–Kier alpha value is -3.54. The van der Waals surface area contributed by atoms with E-state index in [0.717, 1.165) is 18.2 Å². The van der Waals surface area contributed by atoms with Crippen molar-refractivity contribution < 1.29 is 39.2 Å². The number of halogens is 1. The van der Waals surface area contributed by atoms with Gasteiger partial charge in [-0.05, 0) is 73.2 Å². The number of nitrogens with one attached hydrogen (secondary N) is 1. The molecule has 0 bridgehead atoms. The van der Waals surface area contributed by atoms with Crippen LogP contribution in [0.4, 0.5) is 10.1 Å². The Bertz CT molecular complexity index is 1570. The molecule has 3 N–H and O–H groups in total. The number of aliphatic hydroxyl groups excluding tert-OH is 2. The van der Waals surface area contributed by atoms with Gasteiger partial charge in [0.05, 0.1) is 23.5 Å². The van der Waals surface area contributed by atoms with Crippen LogP contribution in [-0.4, -0.2) is 82.6 Å². The summed E-state index contributed by atoms with van der Waals surface area (Å²) >= 11 is 0. The maximum absolute atomic E-state index is 14.0. The van der Waals surface area contributed by atoms with E-state index in [0.29, 0.717) is 28.1 Å². The molecule has 46 heavy (non-hydrogen) atoms. The molecular formula is C35H37CaFN2O7. The van der Waals surface area contributed by atoms with Gasteiger partial charge in [-0.1, -0.05) is 62.4 Å². The van der Waals surface area contributed by atoms with Gasteiger partial charge in [-0.15, -0.1) is 0 Å². The fraction of sp³-hybridized carbons (Fsp3) is 0.286.